The van der Waals surface area contributed by atoms with E-state index < -0.39 is 0 Å². The van der Waals surface area contributed by atoms with Gasteiger partial charge in [0.2, 0.25) is 5.91 Å². The number of hydrogen-bond donors (Lipinski definition) is 2. The molecule has 0 spiro atoms. The van der Waals surface area contributed by atoms with E-state index in [4.69, 9.17) is 0 Å². The van der Waals surface area contributed by atoms with Crippen molar-refractivity contribution in [1.82, 2.24) is 15.5 Å². The zero-order chi connectivity index (χ0) is 32.8. The summed E-state index contributed by atoms with van der Waals surface area (Å²) in [7, 11) is 0. The van der Waals surface area contributed by atoms with Crippen molar-refractivity contribution in [3.05, 3.63) is 94.6 Å². The second-order valence-corrected chi connectivity index (χ2v) is 13.5. The minimum atomic E-state index is -0.229. The van der Waals surface area contributed by atoms with Gasteiger partial charge in [-0.1, -0.05) is 44.6 Å². The van der Waals surface area contributed by atoms with E-state index in [9.17, 15) is 4.79 Å². The summed E-state index contributed by atoms with van der Waals surface area (Å²) in [5, 5.41) is 6.85. The van der Waals surface area contributed by atoms with Gasteiger partial charge in [-0.25, -0.2) is 4.39 Å². The number of halogens is 1. The largest absolute Gasteiger partial charge is 0.381 e. The fourth-order valence-corrected chi connectivity index (χ4v) is 7.46. The number of nitrogens with one attached hydrogen (secondary N) is 2. The number of benzene rings is 2. The van der Waals surface area contributed by atoms with Gasteiger partial charge in [-0.05, 0) is 138 Å². The van der Waals surface area contributed by atoms with Gasteiger partial charge in [-0.3, -0.25) is 4.79 Å². The molecule has 46 heavy (non-hydrogen) atoms. The molecule has 3 aliphatic rings. The number of amides is 1. The molecule has 5 nitrogen and oxygen atoms in total. The third-order valence-corrected chi connectivity index (χ3v) is 10.1. The molecule has 6 heteroatoms. The van der Waals surface area contributed by atoms with Crippen LogP contribution in [0.4, 0.5) is 10.1 Å². The molecule has 2 fully saturated rings. The number of allylic oxidation sites excluding steroid dienone is 3. The van der Waals surface area contributed by atoms with Crippen LogP contribution in [-0.2, 0) is 11.2 Å². The van der Waals surface area contributed by atoms with Crippen LogP contribution in [-0.4, -0.2) is 43.5 Å². The fraction of sp³-hybridized carbons (Fsp3) is 0.475. The standard InChI is InChI=1S/C40H53FN4O/c1-7-45(40(46)33-15-9-10-16-33)39-25-34(35-18-17-32(23-38(35)41)14-13-21-44-19-11-8-12-20-44)24-36(29(39)4)30(5)42-26-37-27(2)22-28(3)43-31(37)6/h17-18,22-25,33,42-43H,5-16,19-21,26H2,1-4H3. The lowest BCUT2D eigenvalue weighted by Gasteiger charge is -2.29. The second kappa shape index (κ2) is 15.3. The van der Waals surface area contributed by atoms with Crippen molar-refractivity contribution in [2.75, 3.05) is 37.6 Å². The highest BCUT2D eigenvalue weighted by Crippen LogP contribution is 2.37. The van der Waals surface area contributed by atoms with E-state index in [1.807, 2.05) is 43.9 Å². The summed E-state index contributed by atoms with van der Waals surface area (Å²) in [4.78, 5) is 18.2. The van der Waals surface area contributed by atoms with Crippen molar-refractivity contribution >= 4 is 17.3 Å². The molecule has 0 unspecified atom stereocenters. The van der Waals surface area contributed by atoms with Crippen LogP contribution < -0.4 is 15.5 Å². The van der Waals surface area contributed by atoms with Crippen molar-refractivity contribution in [2.45, 2.75) is 85.5 Å². The molecular formula is C40H53FN4O. The molecule has 0 atom stereocenters. The molecule has 0 radical (unpaired) electrons. The number of piperidine rings is 1. The van der Waals surface area contributed by atoms with E-state index in [0.717, 1.165) is 101 Å². The van der Waals surface area contributed by atoms with Gasteiger partial charge in [0.25, 0.3) is 0 Å². The minimum absolute atomic E-state index is 0.0463. The van der Waals surface area contributed by atoms with Crippen molar-refractivity contribution in [3.63, 3.8) is 0 Å². The molecule has 1 aliphatic carbocycles. The molecule has 0 aromatic heterocycles. The van der Waals surface area contributed by atoms with Gasteiger partial charge in [-0.2, -0.15) is 0 Å². The lowest BCUT2D eigenvalue weighted by Crippen LogP contribution is -2.36. The summed E-state index contributed by atoms with van der Waals surface area (Å²) in [6, 6.07) is 9.70. The van der Waals surface area contributed by atoms with E-state index >= 15 is 4.39 Å². The first-order valence-electron chi connectivity index (χ1n) is 17.4. The van der Waals surface area contributed by atoms with Crippen LogP contribution in [0.1, 0.15) is 88.8 Å². The highest BCUT2D eigenvalue weighted by atomic mass is 19.1. The summed E-state index contributed by atoms with van der Waals surface area (Å²) >= 11 is 0. The van der Waals surface area contributed by atoms with Crippen LogP contribution in [0.25, 0.3) is 16.8 Å². The molecule has 2 N–H and O–H groups in total. The van der Waals surface area contributed by atoms with Gasteiger partial charge >= 0.3 is 0 Å². The number of aryl methyl sites for hydroxylation is 1. The minimum Gasteiger partial charge on any atom is -0.381 e. The fourth-order valence-electron chi connectivity index (χ4n) is 7.46. The van der Waals surface area contributed by atoms with Crippen LogP contribution in [0, 0.1) is 18.7 Å². The highest BCUT2D eigenvalue weighted by Gasteiger charge is 2.29. The van der Waals surface area contributed by atoms with Gasteiger partial charge < -0.3 is 20.4 Å². The zero-order valence-corrected chi connectivity index (χ0v) is 28.5. The Balaban J connectivity index is 1.44. The van der Waals surface area contributed by atoms with Crippen molar-refractivity contribution < 1.29 is 9.18 Å². The van der Waals surface area contributed by atoms with E-state index in [1.165, 1.54) is 32.4 Å². The lowest BCUT2D eigenvalue weighted by molar-refractivity contribution is -0.122. The number of carbonyl (C=O) groups is 1. The first kappa shape index (κ1) is 33.7. The predicted octanol–water partition coefficient (Wildman–Crippen LogP) is 8.66. The molecule has 1 saturated carbocycles. The number of nitrogens with zero attached hydrogens (tertiary/aromatic N) is 2. The Morgan fingerprint density at radius 3 is 2.48 bits per heavy atom. The van der Waals surface area contributed by atoms with Gasteiger partial charge in [0.05, 0.1) is 0 Å². The first-order chi connectivity index (χ1) is 22.2. The molecule has 0 bridgehead atoms. The predicted molar refractivity (Wildman–Crippen MR) is 191 cm³/mol. The number of hydrogen-bond acceptors (Lipinski definition) is 4. The normalized spacial score (nSPS) is 17.6. The number of dihydropyridines is 1. The number of anilines is 1. The lowest BCUT2D eigenvalue weighted by atomic mass is 9.93. The van der Waals surface area contributed by atoms with Gasteiger partial charge in [0.15, 0.2) is 0 Å². The summed E-state index contributed by atoms with van der Waals surface area (Å²) in [5.74, 6) is -0.0146. The van der Waals surface area contributed by atoms with Crippen molar-refractivity contribution in [2.24, 2.45) is 5.92 Å². The molecule has 1 amide bonds. The van der Waals surface area contributed by atoms with Gasteiger partial charge in [-0.15, -0.1) is 0 Å². The van der Waals surface area contributed by atoms with Gasteiger partial charge in [0.1, 0.15) is 5.82 Å². The summed E-state index contributed by atoms with van der Waals surface area (Å²) in [6.45, 7) is 21.4. The monoisotopic (exact) mass is 624 g/mol. The third-order valence-electron chi connectivity index (χ3n) is 10.1. The highest BCUT2D eigenvalue weighted by molar-refractivity contribution is 5.97. The Kier molecular flexibility index (Phi) is 11.2. The summed E-state index contributed by atoms with van der Waals surface area (Å²) in [6.07, 6.45) is 12.0. The van der Waals surface area contributed by atoms with Crippen molar-refractivity contribution in [1.29, 1.82) is 0 Å². The maximum Gasteiger partial charge on any atom is 0.230 e. The Bertz CT molecular complexity index is 1520. The average Bonchev–Trinajstić information content (AvgIpc) is 3.58. The van der Waals surface area contributed by atoms with Crippen LogP contribution in [0.2, 0.25) is 0 Å². The topological polar surface area (TPSA) is 47.6 Å². The Morgan fingerprint density at radius 2 is 1.80 bits per heavy atom. The number of likely N-dealkylation sites (tertiary alicyclic amines) is 1. The molecule has 2 heterocycles. The summed E-state index contributed by atoms with van der Waals surface area (Å²) in [5.41, 5.74) is 9.94. The number of carbonyl (C=O) groups excluding carboxylic acids is 1. The molecule has 2 aromatic carbocycles. The van der Waals surface area contributed by atoms with Gasteiger partial charge in [0, 0.05) is 52.9 Å². The molecule has 1 saturated heterocycles. The molecule has 2 aromatic rings. The van der Waals surface area contributed by atoms with Crippen LogP contribution in [0.15, 0.2) is 72.1 Å². The van der Waals surface area contributed by atoms with Crippen LogP contribution >= 0.6 is 0 Å². The third kappa shape index (κ3) is 7.83. The Labute approximate surface area is 276 Å². The summed E-state index contributed by atoms with van der Waals surface area (Å²) < 4.78 is 15.9. The molecule has 246 valence electrons. The van der Waals surface area contributed by atoms with Crippen LogP contribution in [0.5, 0.6) is 0 Å². The molecule has 2 aliphatic heterocycles. The van der Waals surface area contributed by atoms with E-state index in [2.05, 4.69) is 47.8 Å². The second-order valence-electron chi connectivity index (χ2n) is 13.5. The zero-order valence-electron chi connectivity index (χ0n) is 28.5. The molecule has 5 rings (SSSR count). The van der Waals surface area contributed by atoms with E-state index in [0.29, 0.717) is 18.7 Å². The first-order valence-corrected chi connectivity index (χ1v) is 17.4. The van der Waals surface area contributed by atoms with E-state index in [1.54, 1.807) is 6.07 Å². The van der Waals surface area contributed by atoms with Crippen LogP contribution in [0.3, 0.4) is 0 Å². The SMILES string of the molecule is C=C1NC(C)=CC(C)=C1CNC(=C)c1cc(-c2ccc(CCCN3CCCCC3)cc2F)cc(N(CC)C(=O)C2CCCC2)c1C. The molecular weight excluding hydrogens is 571 g/mol. The smallest absolute Gasteiger partial charge is 0.230 e. The van der Waals surface area contributed by atoms with Crippen molar-refractivity contribution in [3.8, 4) is 11.1 Å². The Morgan fingerprint density at radius 1 is 1.07 bits per heavy atom. The maximum atomic E-state index is 15.9. The average molecular weight is 625 g/mol. The Hall–Kier alpha value is -3.64. The van der Waals surface area contributed by atoms with E-state index in [-0.39, 0.29) is 17.6 Å². The number of rotatable bonds is 12. The maximum absolute atomic E-state index is 15.9. The quantitative estimate of drug-likeness (QED) is 0.248.